The van der Waals surface area contributed by atoms with Crippen LogP contribution >= 0.6 is 15.9 Å². The Bertz CT molecular complexity index is 410. The Balaban J connectivity index is 2.80. The molecule has 0 aromatic carbocycles. The van der Waals surface area contributed by atoms with Gasteiger partial charge in [0.1, 0.15) is 11.4 Å². The molecule has 0 saturated heterocycles. The predicted octanol–water partition coefficient (Wildman–Crippen LogP) is 1.97. The lowest BCUT2D eigenvalue weighted by molar-refractivity contribution is 0.0697. The van der Waals surface area contributed by atoms with Gasteiger partial charge in [-0.15, -0.1) is 0 Å². The molecule has 0 aliphatic carbocycles. The zero-order chi connectivity index (χ0) is 13.0. The number of aromatic carboxylic acids is 1. The van der Waals surface area contributed by atoms with Crippen LogP contribution in [0.3, 0.4) is 0 Å². The molecular weight excluding hydrogens is 288 g/mol. The van der Waals surface area contributed by atoms with Crippen molar-refractivity contribution in [3.63, 3.8) is 0 Å². The van der Waals surface area contributed by atoms with Gasteiger partial charge in [-0.1, -0.05) is 13.8 Å². The zero-order valence-electron chi connectivity index (χ0n) is 9.64. The third-order valence-electron chi connectivity index (χ3n) is 2.33. The van der Waals surface area contributed by atoms with Crippen molar-refractivity contribution in [1.82, 2.24) is 4.98 Å². The van der Waals surface area contributed by atoms with Crippen LogP contribution in [-0.4, -0.2) is 33.8 Å². The second-order valence-electron chi connectivity index (χ2n) is 4.05. The Morgan fingerprint density at radius 3 is 2.76 bits per heavy atom. The number of nitrogens with one attached hydrogen (secondary N) is 1. The van der Waals surface area contributed by atoms with Gasteiger partial charge < -0.3 is 15.5 Å². The lowest BCUT2D eigenvalue weighted by Crippen LogP contribution is -2.25. The fourth-order valence-electron chi connectivity index (χ4n) is 1.18. The van der Waals surface area contributed by atoms with Gasteiger partial charge in [0.25, 0.3) is 0 Å². The largest absolute Gasteiger partial charge is 0.478 e. The van der Waals surface area contributed by atoms with Crippen molar-refractivity contribution in [2.75, 3.05) is 11.9 Å². The highest BCUT2D eigenvalue weighted by Gasteiger charge is 2.14. The minimum Gasteiger partial charge on any atom is -0.478 e. The number of hydrogen-bond acceptors (Lipinski definition) is 4. The van der Waals surface area contributed by atoms with Gasteiger partial charge in [0.15, 0.2) is 0 Å². The van der Waals surface area contributed by atoms with E-state index >= 15 is 0 Å². The number of aromatic nitrogens is 1. The quantitative estimate of drug-likeness (QED) is 0.774. The zero-order valence-corrected chi connectivity index (χ0v) is 11.2. The van der Waals surface area contributed by atoms with Crippen molar-refractivity contribution in [1.29, 1.82) is 0 Å². The molecule has 5 nitrogen and oxygen atoms in total. The molecule has 6 heteroatoms. The molecule has 1 atom stereocenters. The SMILES string of the molecule is CC(C)C(O)CNc1ncc(Br)cc1C(=O)O. The Kier molecular flexibility index (Phi) is 4.89. The molecule has 17 heavy (non-hydrogen) atoms. The highest BCUT2D eigenvalue weighted by molar-refractivity contribution is 9.10. The summed E-state index contributed by atoms with van der Waals surface area (Å²) in [6, 6.07) is 1.47. The molecule has 0 aliphatic rings. The molecule has 1 aromatic heterocycles. The molecule has 1 unspecified atom stereocenters. The van der Waals surface area contributed by atoms with E-state index in [1.807, 2.05) is 13.8 Å². The molecule has 0 fully saturated rings. The van der Waals surface area contributed by atoms with Gasteiger partial charge in [-0.05, 0) is 27.9 Å². The number of rotatable bonds is 5. The summed E-state index contributed by atoms with van der Waals surface area (Å²) in [6.45, 7) is 4.05. The first-order valence-corrected chi connectivity index (χ1v) is 6.02. The Hall–Kier alpha value is -1.14. The lowest BCUT2D eigenvalue weighted by Gasteiger charge is -2.16. The fraction of sp³-hybridized carbons (Fsp3) is 0.455. The molecule has 94 valence electrons. The Morgan fingerprint density at radius 1 is 1.59 bits per heavy atom. The normalized spacial score (nSPS) is 12.5. The molecule has 0 bridgehead atoms. The monoisotopic (exact) mass is 302 g/mol. The average Bonchev–Trinajstić information content (AvgIpc) is 2.26. The molecule has 0 spiro atoms. The number of pyridine rings is 1. The van der Waals surface area contributed by atoms with E-state index in [-0.39, 0.29) is 23.8 Å². The maximum atomic E-state index is 11.0. The van der Waals surface area contributed by atoms with Crippen LogP contribution in [0.2, 0.25) is 0 Å². The second kappa shape index (κ2) is 5.97. The van der Waals surface area contributed by atoms with Crippen LogP contribution in [0.15, 0.2) is 16.7 Å². The molecule has 1 aromatic rings. The molecule has 0 saturated carbocycles. The molecule has 0 aliphatic heterocycles. The first-order chi connectivity index (χ1) is 7.91. The maximum Gasteiger partial charge on any atom is 0.339 e. The van der Waals surface area contributed by atoms with E-state index < -0.39 is 12.1 Å². The first-order valence-electron chi connectivity index (χ1n) is 5.22. The molecule has 0 radical (unpaired) electrons. The minimum absolute atomic E-state index is 0.0790. The maximum absolute atomic E-state index is 11.0. The predicted molar refractivity (Wildman–Crippen MR) is 68.2 cm³/mol. The van der Waals surface area contributed by atoms with Gasteiger partial charge in [0.2, 0.25) is 0 Å². The van der Waals surface area contributed by atoms with E-state index in [0.29, 0.717) is 4.47 Å². The van der Waals surface area contributed by atoms with Gasteiger partial charge in [-0.25, -0.2) is 9.78 Å². The summed E-state index contributed by atoms with van der Waals surface area (Å²) in [7, 11) is 0. The Labute approximate surface area is 108 Å². The van der Waals surface area contributed by atoms with Crippen LogP contribution < -0.4 is 5.32 Å². The minimum atomic E-state index is -1.06. The summed E-state index contributed by atoms with van der Waals surface area (Å²) < 4.78 is 0.602. The number of hydrogen-bond donors (Lipinski definition) is 3. The van der Waals surface area contributed by atoms with Gasteiger partial charge >= 0.3 is 5.97 Å². The highest BCUT2D eigenvalue weighted by Crippen LogP contribution is 2.18. The third kappa shape index (κ3) is 3.98. The van der Waals surface area contributed by atoms with Crippen LogP contribution in [-0.2, 0) is 0 Å². The molecule has 3 N–H and O–H groups in total. The number of carboxylic acid groups (broad SMARTS) is 1. The number of aliphatic hydroxyl groups excluding tert-OH is 1. The van der Waals surface area contributed by atoms with Crippen molar-refractivity contribution < 1.29 is 15.0 Å². The van der Waals surface area contributed by atoms with E-state index in [4.69, 9.17) is 5.11 Å². The first kappa shape index (κ1) is 13.9. The van der Waals surface area contributed by atoms with Crippen molar-refractivity contribution in [3.8, 4) is 0 Å². The summed E-state index contributed by atoms with van der Waals surface area (Å²) in [5.74, 6) is -0.688. The number of halogens is 1. The van der Waals surface area contributed by atoms with Crippen LogP contribution in [0.25, 0.3) is 0 Å². The smallest absolute Gasteiger partial charge is 0.339 e. The average molecular weight is 303 g/mol. The van der Waals surface area contributed by atoms with E-state index in [1.54, 1.807) is 0 Å². The van der Waals surface area contributed by atoms with Crippen LogP contribution in [0.1, 0.15) is 24.2 Å². The van der Waals surface area contributed by atoms with Crippen LogP contribution in [0.4, 0.5) is 5.82 Å². The highest BCUT2D eigenvalue weighted by atomic mass is 79.9. The summed E-state index contributed by atoms with van der Waals surface area (Å²) in [4.78, 5) is 15.0. The van der Waals surface area contributed by atoms with Crippen molar-refractivity contribution in [2.24, 2.45) is 5.92 Å². The summed E-state index contributed by atoms with van der Waals surface area (Å²) in [6.07, 6.45) is 0.971. The van der Waals surface area contributed by atoms with Gasteiger partial charge in [-0.2, -0.15) is 0 Å². The van der Waals surface area contributed by atoms with Crippen molar-refractivity contribution >= 4 is 27.7 Å². The summed E-state index contributed by atoms with van der Waals surface area (Å²) in [5, 5.41) is 21.5. The van der Waals surface area contributed by atoms with E-state index in [9.17, 15) is 9.90 Å². The number of carboxylic acids is 1. The van der Waals surface area contributed by atoms with Gasteiger partial charge in [-0.3, -0.25) is 0 Å². The fourth-order valence-corrected chi connectivity index (χ4v) is 1.51. The number of nitrogens with zero attached hydrogens (tertiary/aromatic N) is 1. The van der Waals surface area contributed by atoms with Crippen molar-refractivity contribution in [2.45, 2.75) is 20.0 Å². The van der Waals surface area contributed by atoms with E-state index in [2.05, 4.69) is 26.2 Å². The number of carbonyl (C=O) groups is 1. The molecule has 1 heterocycles. The summed E-state index contributed by atoms with van der Waals surface area (Å²) in [5.41, 5.74) is 0.0790. The summed E-state index contributed by atoms with van der Waals surface area (Å²) >= 11 is 3.16. The topological polar surface area (TPSA) is 82.5 Å². The van der Waals surface area contributed by atoms with Crippen LogP contribution in [0, 0.1) is 5.92 Å². The lowest BCUT2D eigenvalue weighted by atomic mass is 10.1. The Morgan fingerprint density at radius 2 is 2.24 bits per heavy atom. The molecule has 0 amide bonds. The standard InChI is InChI=1S/C11H15BrN2O3/c1-6(2)9(15)5-14-10-8(11(16)17)3-7(12)4-13-10/h3-4,6,9,15H,5H2,1-2H3,(H,13,14)(H,16,17). The molecular formula is C11H15BrN2O3. The van der Waals surface area contributed by atoms with Crippen LogP contribution in [0.5, 0.6) is 0 Å². The number of anilines is 1. The van der Waals surface area contributed by atoms with Gasteiger partial charge in [0.05, 0.1) is 6.10 Å². The number of aliphatic hydroxyl groups is 1. The third-order valence-corrected chi connectivity index (χ3v) is 2.77. The second-order valence-corrected chi connectivity index (χ2v) is 4.96. The molecule has 1 rings (SSSR count). The van der Waals surface area contributed by atoms with E-state index in [0.717, 1.165) is 0 Å². The van der Waals surface area contributed by atoms with Gasteiger partial charge in [0, 0.05) is 17.2 Å². The van der Waals surface area contributed by atoms with E-state index in [1.165, 1.54) is 12.3 Å². The van der Waals surface area contributed by atoms with Crippen molar-refractivity contribution in [3.05, 3.63) is 22.3 Å².